The lowest BCUT2D eigenvalue weighted by atomic mass is 10.1. The third-order valence-corrected chi connectivity index (χ3v) is 7.11. The Labute approximate surface area is 210 Å². The predicted octanol–water partition coefficient (Wildman–Crippen LogP) is 3.61. The van der Waals surface area contributed by atoms with Gasteiger partial charge in [-0.25, -0.2) is 4.98 Å². The highest BCUT2D eigenvalue weighted by molar-refractivity contribution is 5.89. The average Bonchev–Trinajstić information content (AvgIpc) is 3.53. The normalized spacial score (nSPS) is 19.8. The zero-order valence-corrected chi connectivity index (χ0v) is 20.6. The summed E-state index contributed by atoms with van der Waals surface area (Å²) >= 11 is 0. The molecule has 3 aliphatic rings. The van der Waals surface area contributed by atoms with Crippen LogP contribution in [0.15, 0.2) is 54.4 Å². The Morgan fingerprint density at radius 3 is 2.61 bits per heavy atom. The van der Waals surface area contributed by atoms with Crippen LogP contribution in [0.5, 0.6) is 0 Å². The van der Waals surface area contributed by atoms with E-state index < -0.39 is 0 Å². The molecule has 1 saturated carbocycles. The van der Waals surface area contributed by atoms with Gasteiger partial charge in [0.25, 0.3) is 0 Å². The molecule has 9 heteroatoms. The van der Waals surface area contributed by atoms with Crippen molar-refractivity contribution >= 4 is 40.6 Å². The van der Waals surface area contributed by atoms with E-state index >= 15 is 0 Å². The lowest BCUT2D eigenvalue weighted by Gasteiger charge is -2.35. The fraction of sp³-hybridized carbons (Fsp3) is 0.370. The number of amides is 1. The summed E-state index contributed by atoms with van der Waals surface area (Å²) in [6.45, 7) is 11.6. The first-order valence-corrected chi connectivity index (χ1v) is 12.7. The number of likely N-dealkylation sites (N-methyl/N-ethyl adjacent to an activating group) is 1. The van der Waals surface area contributed by atoms with Crippen LogP contribution in [0.4, 0.5) is 23.0 Å². The maximum atomic E-state index is 11.8. The third kappa shape index (κ3) is 4.66. The second kappa shape index (κ2) is 9.31. The largest absolute Gasteiger partial charge is 0.369 e. The Kier molecular flexibility index (Phi) is 5.85. The summed E-state index contributed by atoms with van der Waals surface area (Å²) in [6.07, 6.45) is 6.38. The van der Waals surface area contributed by atoms with Gasteiger partial charge in [0, 0.05) is 60.9 Å². The van der Waals surface area contributed by atoms with Crippen molar-refractivity contribution in [2.75, 3.05) is 48.3 Å². The second-order valence-electron chi connectivity index (χ2n) is 9.75. The molecule has 0 atom stereocenters. The monoisotopic (exact) mass is 484 g/mol. The zero-order valence-electron chi connectivity index (χ0n) is 20.6. The highest BCUT2D eigenvalue weighted by Gasteiger charge is 2.24. The number of carbonyl (C=O) groups is 1. The maximum Gasteiger partial charge on any atom is 0.228 e. The molecule has 0 bridgehead atoms. The predicted molar refractivity (Wildman–Crippen MR) is 144 cm³/mol. The maximum absolute atomic E-state index is 11.8. The minimum Gasteiger partial charge on any atom is -0.369 e. The molecule has 4 heterocycles. The molecule has 3 fully saturated rings. The fourth-order valence-corrected chi connectivity index (χ4v) is 4.81. The van der Waals surface area contributed by atoms with Gasteiger partial charge < -0.3 is 25.8 Å². The summed E-state index contributed by atoms with van der Waals surface area (Å²) in [5.74, 6) is 1.61. The third-order valence-electron chi connectivity index (χ3n) is 7.11. The summed E-state index contributed by atoms with van der Waals surface area (Å²) in [5, 5.41) is 14.4. The van der Waals surface area contributed by atoms with Crippen molar-refractivity contribution in [3.8, 4) is 0 Å². The number of nitrogens with zero attached hydrogens (tertiary/aromatic N) is 5. The zero-order chi connectivity index (χ0) is 24.6. The summed E-state index contributed by atoms with van der Waals surface area (Å²) in [6, 6.07) is 11.1. The number of benzene rings is 1. The first-order chi connectivity index (χ1) is 17.6. The topological polar surface area (TPSA) is 89.8 Å². The van der Waals surface area contributed by atoms with Gasteiger partial charge in [0.1, 0.15) is 11.6 Å². The SMILES string of the molecule is C=C1NC(=O)C/C1=C\c1cnn2c(NC3CC3)cc(Nc3ccc(N4CCN(CC)CC4)cc3)nc12. The molecule has 9 nitrogen and oxygen atoms in total. The van der Waals surface area contributed by atoms with Crippen LogP contribution in [0, 0.1) is 0 Å². The van der Waals surface area contributed by atoms with Gasteiger partial charge in [-0.1, -0.05) is 13.5 Å². The van der Waals surface area contributed by atoms with Gasteiger partial charge in [-0.3, -0.25) is 4.79 Å². The number of allylic oxidation sites excluding steroid dienone is 1. The first kappa shape index (κ1) is 22.6. The first-order valence-electron chi connectivity index (χ1n) is 12.7. The van der Waals surface area contributed by atoms with Crippen molar-refractivity contribution in [1.29, 1.82) is 0 Å². The van der Waals surface area contributed by atoms with E-state index in [0.29, 0.717) is 18.2 Å². The summed E-state index contributed by atoms with van der Waals surface area (Å²) in [4.78, 5) is 21.6. The minimum absolute atomic E-state index is 0.0372. The molecule has 1 aliphatic carbocycles. The van der Waals surface area contributed by atoms with Crippen LogP contribution in [0.2, 0.25) is 0 Å². The minimum atomic E-state index is -0.0372. The van der Waals surface area contributed by atoms with Crippen LogP contribution in [0.25, 0.3) is 11.7 Å². The lowest BCUT2D eigenvalue weighted by Crippen LogP contribution is -2.46. The van der Waals surface area contributed by atoms with E-state index in [0.717, 1.165) is 79.7 Å². The van der Waals surface area contributed by atoms with E-state index in [9.17, 15) is 4.79 Å². The van der Waals surface area contributed by atoms with Crippen LogP contribution in [-0.4, -0.2) is 64.2 Å². The van der Waals surface area contributed by atoms with Crippen molar-refractivity contribution in [1.82, 2.24) is 24.8 Å². The van der Waals surface area contributed by atoms with Crippen molar-refractivity contribution in [2.24, 2.45) is 0 Å². The highest BCUT2D eigenvalue weighted by Crippen LogP contribution is 2.30. The number of aromatic nitrogens is 3. The van der Waals surface area contributed by atoms with E-state index in [1.54, 1.807) is 6.20 Å². The number of piperazine rings is 1. The van der Waals surface area contributed by atoms with Crippen molar-refractivity contribution in [2.45, 2.75) is 32.2 Å². The number of fused-ring (bicyclic) bond motifs is 1. The second-order valence-corrected chi connectivity index (χ2v) is 9.75. The Balaban J connectivity index is 1.26. The summed E-state index contributed by atoms with van der Waals surface area (Å²) in [7, 11) is 0. The number of anilines is 4. The molecule has 2 aromatic heterocycles. The van der Waals surface area contributed by atoms with Gasteiger partial charge >= 0.3 is 0 Å². The van der Waals surface area contributed by atoms with Gasteiger partial charge in [-0.05, 0) is 55.3 Å². The molecule has 3 aromatic rings. The van der Waals surface area contributed by atoms with E-state index in [-0.39, 0.29) is 5.91 Å². The van der Waals surface area contributed by atoms with Crippen LogP contribution in [0.3, 0.4) is 0 Å². The molecule has 36 heavy (non-hydrogen) atoms. The molecular formula is C27H32N8O. The molecule has 2 saturated heterocycles. The van der Waals surface area contributed by atoms with Gasteiger partial charge in [0.05, 0.1) is 12.6 Å². The van der Waals surface area contributed by atoms with E-state index in [4.69, 9.17) is 4.98 Å². The van der Waals surface area contributed by atoms with E-state index in [1.165, 1.54) is 5.69 Å². The number of carbonyl (C=O) groups excluding carboxylic acids is 1. The average molecular weight is 485 g/mol. The standard InChI is InChI=1S/C27H32N8O/c1-3-33-10-12-34(13-11-33)23-8-6-21(7-9-23)30-24-16-25(31-22-4-5-22)35-27(32-24)20(17-28-35)14-19-15-26(36)29-18(19)2/h6-9,14,16-17,22,31H,2-5,10-13,15H2,1H3,(H,29,36)(H,30,32)/b19-14+. The van der Waals surface area contributed by atoms with Crippen LogP contribution >= 0.6 is 0 Å². The van der Waals surface area contributed by atoms with E-state index in [1.807, 2.05) is 16.7 Å². The molecule has 6 rings (SSSR count). The Morgan fingerprint density at radius 2 is 1.94 bits per heavy atom. The van der Waals surface area contributed by atoms with Crippen LogP contribution in [0.1, 0.15) is 31.7 Å². The molecule has 1 aromatic carbocycles. The molecule has 1 amide bonds. The number of nitrogens with one attached hydrogen (secondary N) is 3. The number of hydrogen-bond acceptors (Lipinski definition) is 7. The number of hydrogen-bond donors (Lipinski definition) is 3. The quantitative estimate of drug-likeness (QED) is 0.472. The molecule has 3 N–H and O–H groups in total. The summed E-state index contributed by atoms with van der Waals surface area (Å²) < 4.78 is 1.84. The van der Waals surface area contributed by atoms with Gasteiger partial charge in [0.15, 0.2) is 5.65 Å². The molecule has 0 radical (unpaired) electrons. The van der Waals surface area contributed by atoms with Crippen molar-refractivity contribution < 1.29 is 4.79 Å². The Hall–Kier alpha value is -3.85. The van der Waals surface area contributed by atoms with Gasteiger partial charge in [-0.2, -0.15) is 9.61 Å². The van der Waals surface area contributed by atoms with Crippen molar-refractivity contribution in [3.63, 3.8) is 0 Å². The Bertz CT molecular complexity index is 1330. The van der Waals surface area contributed by atoms with Gasteiger partial charge in [-0.15, -0.1) is 0 Å². The summed E-state index contributed by atoms with van der Waals surface area (Å²) in [5.41, 5.74) is 5.32. The smallest absolute Gasteiger partial charge is 0.228 e. The molecule has 186 valence electrons. The van der Waals surface area contributed by atoms with E-state index in [2.05, 4.69) is 68.6 Å². The fourth-order valence-electron chi connectivity index (χ4n) is 4.81. The molecular weight excluding hydrogens is 452 g/mol. The molecule has 0 spiro atoms. The lowest BCUT2D eigenvalue weighted by molar-refractivity contribution is -0.118. The van der Waals surface area contributed by atoms with Gasteiger partial charge in [0.2, 0.25) is 5.91 Å². The molecule has 0 unspecified atom stereocenters. The van der Waals surface area contributed by atoms with Crippen LogP contribution in [-0.2, 0) is 4.79 Å². The highest BCUT2D eigenvalue weighted by atomic mass is 16.1. The molecule has 2 aliphatic heterocycles. The Morgan fingerprint density at radius 1 is 1.17 bits per heavy atom. The van der Waals surface area contributed by atoms with Crippen molar-refractivity contribution in [3.05, 3.63) is 59.9 Å². The number of rotatable bonds is 7. The van der Waals surface area contributed by atoms with Crippen LogP contribution < -0.4 is 20.9 Å².